The monoisotopic (exact) mass is 276 g/mol. The summed E-state index contributed by atoms with van der Waals surface area (Å²) in [6, 6.07) is 1.95. The van der Waals surface area contributed by atoms with Gasteiger partial charge in [0.1, 0.15) is 18.8 Å². The number of anilines is 1. The number of ether oxygens (including phenoxy) is 1. The van der Waals surface area contributed by atoms with Crippen LogP contribution in [0, 0.1) is 5.92 Å². The van der Waals surface area contributed by atoms with Crippen LogP contribution in [-0.4, -0.2) is 41.8 Å². The first-order chi connectivity index (χ1) is 9.74. The van der Waals surface area contributed by atoms with Gasteiger partial charge in [-0.05, 0) is 45.2 Å². The van der Waals surface area contributed by atoms with Gasteiger partial charge in [0.15, 0.2) is 0 Å². The van der Waals surface area contributed by atoms with Gasteiger partial charge >= 0.3 is 6.09 Å². The fourth-order valence-corrected chi connectivity index (χ4v) is 2.85. The molecule has 2 aliphatic heterocycles. The van der Waals surface area contributed by atoms with E-state index in [1.54, 1.807) is 11.2 Å². The number of piperidine rings is 1. The van der Waals surface area contributed by atoms with E-state index in [1.807, 2.05) is 13.0 Å². The number of hydrogen-bond donors (Lipinski definition) is 1. The zero-order valence-electron chi connectivity index (χ0n) is 11.7. The first-order valence-corrected chi connectivity index (χ1v) is 7.21. The van der Waals surface area contributed by atoms with Gasteiger partial charge in [0, 0.05) is 11.8 Å². The average Bonchev–Trinajstić information content (AvgIpc) is 2.80. The van der Waals surface area contributed by atoms with Crippen molar-refractivity contribution in [2.45, 2.75) is 32.2 Å². The highest BCUT2D eigenvalue weighted by Gasteiger charge is 2.32. The van der Waals surface area contributed by atoms with E-state index >= 15 is 0 Å². The number of carbonyl (C=O) groups is 1. The Kier molecular flexibility index (Phi) is 3.82. The average molecular weight is 276 g/mol. The molecule has 1 amide bonds. The topological polar surface area (TPSA) is 67.3 Å². The number of amides is 1. The van der Waals surface area contributed by atoms with Crippen molar-refractivity contribution < 1.29 is 9.53 Å². The summed E-state index contributed by atoms with van der Waals surface area (Å²) in [5.41, 5.74) is 1.01. The number of carbonyl (C=O) groups excluding carboxylic acids is 1. The van der Waals surface area contributed by atoms with Crippen LogP contribution >= 0.6 is 0 Å². The Hall–Kier alpha value is -1.69. The van der Waals surface area contributed by atoms with Gasteiger partial charge < -0.3 is 10.1 Å². The molecule has 1 aromatic heterocycles. The molecule has 1 N–H and O–H groups in total. The molecule has 1 aromatic rings. The minimum Gasteiger partial charge on any atom is -0.447 e. The molecule has 0 radical (unpaired) electrons. The summed E-state index contributed by atoms with van der Waals surface area (Å²) in [7, 11) is 0. The summed E-state index contributed by atoms with van der Waals surface area (Å²) >= 11 is 0. The maximum atomic E-state index is 11.7. The van der Waals surface area contributed by atoms with E-state index in [9.17, 15) is 4.79 Å². The Morgan fingerprint density at radius 1 is 1.40 bits per heavy atom. The molecule has 6 nitrogen and oxygen atoms in total. The van der Waals surface area contributed by atoms with E-state index in [2.05, 4.69) is 15.3 Å². The quantitative estimate of drug-likeness (QED) is 0.903. The highest BCUT2D eigenvalue weighted by molar-refractivity contribution is 5.88. The number of rotatable bonds is 3. The van der Waals surface area contributed by atoms with Crippen LogP contribution in [0.25, 0.3) is 0 Å². The number of nitrogens with zero attached hydrogens (tertiary/aromatic N) is 3. The van der Waals surface area contributed by atoms with Gasteiger partial charge in [-0.25, -0.2) is 14.8 Å². The van der Waals surface area contributed by atoms with E-state index in [0.717, 1.165) is 25.2 Å². The predicted molar refractivity (Wildman–Crippen MR) is 74.6 cm³/mol. The Balaban J connectivity index is 1.73. The fraction of sp³-hybridized carbons (Fsp3) is 0.643. The maximum Gasteiger partial charge on any atom is 0.415 e. The molecular weight excluding hydrogens is 256 g/mol. The van der Waals surface area contributed by atoms with Gasteiger partial charge in [-0.2, -0.15) is 0 Å². The highest BCUT2D eigenvalue weighted by Crippen LogP contribution is 2.23. The maximum absolute atomic E-state index is 11.7. The molecule has 2 aliphatic rings. The van der Waals surface area contributed by atoms with E-state index in [-0.39, 0.29) is 12.1 Å². The van der Waals surface area contributed by atoms with Crippen LogP contribution < -0.4 is 10.2 Å². The molecule has 6 heteroatoms. The van der Waals surface area contributed by atoms with Crippen LogP contribution in [0.15, 0.2) is 12.4 Å². The predicted octanol–water partition coefficient (Wildman–Crippen LogP) is 1.36. The SMILES string of the molecule is C[C@@H]1COC(=O)N1c1cc(CC2CCNCC2)ncn1. The van der Waals surface area contributed by atoms with Gasteiger partial charge in [-0.3, -0.25) is 4.90 Å². The summed E-state index contributed by atoms with van der Waals surface area (Å²) in [6.45, 7) is 4.54. The summed E-state index contributed by atoms with van der Waals surface area (Å²) < 4.78 is 5.04. The molecule has 3 rings (SSSR count). The Labute approximate surface area is 118 Å². The van der Waals surface area contributed by atoms with E-state index in [4.69, 9.17) is 4.74 Å². The lowest BCUT2D eigenvalue weighted by Crippen LogP contribution is -2.32. The summed E-state index contributed by atoms with van der Waals surface area (Å²) in [5, 5.41) is 3.37. The van der Waals surface area contributed by atoms with E-state index in [1.165, 1.54) is 12.8 Å². The van der Waals surface area contributed by atoms with Crippen molar-refractivity contribution in [2.24, 2.45) is 5.92 Å². The summed E-state index contributed by atoms with van der Waals surface area (Å²) in [6.07, 6.45) is 4.55. The van der Waals surface area contributed by atoms with Gasteiger partial charge in [-0.1, -0.05) is 0 Å². The summed E-state index contributed by atoms with van der Waals surface area (Å²) in [5.74, 6) is 1.32. The number of aromatic nitrogens is 2. The fourth-order valence-electron chi connectivity index (χ4n) is 2.85. The first kappa shape index (κ1) is 13.3. The van der Waals surface area contributed by atoms with Crippen molar-refractivity contribution in [2.75, 3.05) is 24.6 Å². The molecule has 0 aliphatic carbocycles. The smallest absolute Gasteiger partial charge is 0.415 e. The van der Waals surface area contributed by atoms with Crippen LogP contribution in [0.3, 0.4) is 0 Å². The zero-order chi connectivity index (χ0) is 13.9. The van der Waals surface area contributed by atoms with E-state index in [0.29, 0.717) is 18.3 Å². The Morgan fingerprint density at radius 2 is 2.20 bits per heavy atom. The minimum atomic E-state index is -0.316. The molecule has 0 unspecified atom stereocenters. The lowest BCUT2D eigenvalue weighted by atomic mass is 9.93. The Morgan fingerprint density at radius 3 is 2.90 bits per heavy atom. The third kappa shape index (κ3) is 2.75. The van der Waals surface area contributed by atoms with Crippen LogP contribution in [0.5, 0.6) is 0 Å². The van der Waals surface area contributed by atoms with Gasteiger partial charge in [0.2, 0.25) is 0 Å². The normalized spacial score (nSPS) is 23.9. The largest absolute Gasteiger partial charge is 0.447 e. The van der Waals surface area contributed by atoms with Crippen molar-refractivity contribution in [3.63, 3.8) is 0 Å². The highest BCUT2D eigenvalue weighted by atomic mass is 16.6. The van der Waals surface area contributed by atoms with Gasteiger partial charge in [-0.15, -0.1) is 0 Å². The summed E-state index contributed by atoms with van der Waals surface area (Å²) in [4.78, 5) is 21.9. The molecule has 0 spiro atoms. The van der Waals surface area contributed by atoms with Crippen molar-refractivity contribution in [3.05, 3.63) is 18.1 Å². The molecule has 0 bridgehead atoms. The first-order valence-electron chi connectivity index (χ1n) is 7.21. The molecule has 108 valence electrons. The second-order valence-corrected chi connectivity index (χ2v) is 5.56. The minimum absolute atomic E-state index is 0.0316. The van der Waals surface area contributed by atoms with Crippen LogP contribution in [-0.2, 0) is 11.2 Å². The molecule has 3 heterocycles. The third-order valence-electron chi connectivity index (χ3n) is 4.00. The van der Waals surface area contributed by atoms with Crippen molar-refractivity contribution in [3.8, 4) is 0 Å². The van der Waals surface area contributed by atoms with Crippen molar-refractivity contribution in [1.29, 1.82) is 0 Å². The molecule has 2 fully saturated rings. The van der Waals surface area contributed by atoms with Crippen LogP contribution in [0.4, 0.5) is 10.6 Å². The molecule has 0 saturated carbocycles. The lowest BCUT2D eigenvalue weighted by molar-refractivity contribution is 0.179. The second kappa shape index (κ2) is 5.75. The van der Waals surface area contributed by atoms with Crippen LogP contribution in [0.2, 0.25) is 0 Å². The van der Waals surface area contributed by atoms with Gasteiger partial charge in [0.05, 0.1) is 6.04 Å². The standard InChI is InChI=1S/C14H20N4O2/c1-10-8-20-14(19)18(10)13-7-12(16-9-17-13)6-11-2-4-15-5-3-11/h7,9-11,15H,2-6,8H2,1H3/t10-/m1/s1. The van der Waals surface area contributed by atoms with Gasteiger partial charge in [0.25, 0.3) is 0 Å². The lowest BCUT2D eigenvalue weighted by Gasteiger charge is -2.22. The third-order valence-corrected chi connectivity index (χ3v) is 4.00. The molecule has 1 atom stereocenters. The number of cyclic esters (lactones) is 1. The Bertz CT molecular complexity index is 488. The zero-order valence-corrected chi connectivity index (χ0v) is 11.7. The number of hydrogen-bond acceptors (Lipinski definition) is 5. The van der Waals surface area contributed by atoms with Crippen molar-refractivity contribution in [1.82, 2.24) is 15.3 Å². The molecule has 2 saturated heterocycles. The van der Waals surface area contributed by atoms with Crippen LogP contribution in [0.1, 0.15) is 25.5 Å². The molecule has 0 aromatic carbocycles. The van der Waals surface area contributed by atoms with E-state index < -0.39 is 0 Å². The van der Waals surface area contributed by atoms with Crippen molar-refractivity contribution >= 4 is 11.9 Å². The molecule has 20 heavy (non-hydrogen) atoms. The number of nitrogens with one attached hydrogen (secondary N) is 1. The second-order valence-electron chi connectivity index (χ2n) is 5.56. The molecular formula is C14H20N4O2.